The second kappa shape index (κ2) is 7.01. The van der Waals surface area contributed by atoms with Gasteiger partial charge >= 0.3 is 0 Å². The van der Waals surface area contributed by atoms with Gasteiger partial charge in [0.2, 0.25) is 15.9 Å². The van der Waals surface area contributed by atoms with Crippen molar-refractivity contribution in [3.8, 4) is 0 Å². The Labute approximate surface area is 117 Å². The number of hydrogen-bond donors (Lipinski definition) is 3. The number of carbonyl (C=O) groups excluding carboxylic acids is 2. The van der Waals surface area contributed by atoms with Gasteiger partial charge in [0, 0.05) is 31.3 Å². The molecule has 0 atom stereocenters. The molecule has 0 aliphatic rings. The lowest BCUT2D eigenvalue weighted by Crippen LogP contribution is -2.34. The molecule has 0 aromatic heterocycles. The summed E-state index contributed by atoms with van der Waals surface area (Å²) in [5.41, 5.74) is 1.03. The molecule has 0 fully saturated rings. The Bertz CT molecular complexity index is 581. The number of carbonyl (C=O) groups is 2. The van der Waals surface area contributed by atoms with E-state index in [9.17, 15) is 18.0 Å². The quantitative estimate of drug-likeness (QED) is 0.639. The zero-order valence-electron chi connectivity index (χ0n) is 11.3. The molecule has 0 bridgehead atoms. The molecule has 8 heteroatoms. The van der Waals surface area contributed by atoms with Crippen LogP contribution in [0, 0.1) is 0 Å². The van der Waals surface area contributed by atoms with Crippen molar-refractivity contribution < 1.29 is 18.0 Å². The van der Waals surface area contributed by atoms with E-state index in [0.717, 1.165) is 6.26 Å². The molecule has 0 unspecified atom stereocenters. The van der Waals surface area contributed by atoms with Gasteiger partial charge in [0.05, 0.1) is 6.26 Å². The first-order valence-electron chi connectivity index (χ1n) is 5.88. The normalized spacial score (nSPS) is 10.9. The van der Waals surface area contributed by atoms with Crippen LogP contribution < -0.4 is 15.4 Å². The number of nitrogens with one attached hydrogen (secondary N) is 3. The third kappa shape index (κ3) is 6.30. The average molecular weight is 299 g/mol. The number of anilines is 1. The second-order valence-corrected chi connectivity index (χ2v) is 6.01. The first-order valence-corrected chi connectivity index (χ1v) is 7.77. The van der Waals surface area contributed by atoms with Crippen LogP contribution in [0.5, 0.6) is 0 Å². The van der Waals surface area contributed by atoms with Crippen molar-refractivity contribution in [1.82, 2.24) is 10.0 Å². The summed E-state index contributed by atoms with van der Waals surface area (Å²) in [6, 6.07) is 6.38. The molecule has 20 heavy (non-hydrogen) atoms. The molecule has 1 aromatic rings. The molecule has 1 aromatic carbocycles. The number of benzene rings is 1. The van der Waals surface area contributed by atoms with E-state index >= 15 is 0 Å². The molecule has 0 aliphatic carbocycles. The van der Waals surface area contributed by atoms with Gasteiger partial charge in [-0.05, 0) is 24.3 Å². The summed E-state index contributed by atoms with van der Waals surface area (Å²) < 4.78 is 23.9. The highest BCUT2D eigenvalue weighted by Gasteiger charge is 2.06. The lowest BCUT2D eigenvalue weighted by atomic mass is 10.2. The largest absolute Gasteiger partial charge is 0.351 e. The Morgan fingerprint density at radius 1 is 1.10 bits per heavy atom. The standard InChI is InChI=1S/C12H17N3O4S/c1-9(16)15-11-5-3-10(4-6-11)12(17)13-7-8-14-20(2,18)19/h3-6,14H,7-8H2,1-2H3,(H,13,17)(H,15,16). The van der Waals surface area contributed by atoms with Crippen molar-refractivity contribution in [2.24, 2.45) is 0 Å². The maximum atomic E-state index is 11.7. The van der Waals surface area contributed by atoms with Crippen LogP contribution in [0.2, 0.25) is 0 Å². The molecular weight excluding hydrogens is 282 g/mol. The Morgan fingerprint density at radius 2 is 1.70 bits per heavy atom. The van der Waals surface area contributed by atoms with Crippen LogP contribution in [0.3, 0.4) is 0 Å². The number of rotatable bonds is 6. The molecule has 0 spiro atoms. The highest BCUT2D eigenvalue weighted by Crippen LogP contribution is 2.09. The van der Waals surface area contributed by atoms with E-state index in [4.69, 9.17) is 0 Å². The minimum absolute atomic E-state index is 0.133. The molecular formula is C12H17N3O4S. The zero-order chi connectivity index (χ0) is 15.2. The maximum absolute atomic E-state index is 11.7. The summed E-state index contributed by atoms with van der Waals surface area (Å²) in [6.07, 6.45) is 1.05. The average Bonchev–Trinajstić information content (AvgIpc) is 2.33. The van der Waals surface area contributed by atoms with Crippen molar-refractivity contribution in [3.05, 3.63) is 29.8 Å². The predicted octanol–water partition coefficient (Wildman–Crippen LogP) is -0.0760. The molecule has 0 saturated carbocycles. The number of sulfonamides is 1. The van der Waals surface area contributed by atoms with Crippen LogP contribution in [-0.2, 0) is 14.8 Å². The van der Waals surface area contributed by atoms with E-state index < -0.39 is 10.0 Å². The van der Waals surface area contributed by atoms with Gasteiger partial charge in [-0.25, -0.2) is 13.1 Å². The van der Waals surface area contributed by atoms with Gasteiger partial charge in [0.1, 0.15) is 0 Å². The van der Waals surface area contributed by atoms with Crippen LogP contribution in [-0.4, -0.2) is 39.6 Å². The third-order valence-electron chi connectivity index (χ3n) is 2.24. The second-order valence-electron chi connectivity index (χ2n) is 4.18. The molecule has 0 radical (unpaired) electrons. The van der Waals surface area contributed by atoms with Crippen molar-refractivity contribution in [1.29, 1.82) is 0 Å². The topological polar surface area (TPSA) is 104 Å². The predicted molar refractivity (Wildman–Crippen MR) is 75.9 cm³/mol. The van der Waals surface area contributed by atoms with Crippen LogP contribution >= 0.6 is 0 Å². The van der Waals surface area contributed by atoms with Crippen LogP contribution in [0.1, 0.15) is 17.3 Å². The van der Waals surface area contributed by atoms with Gasteiger partial charge in [-0.1, -0.05) is 0 Å². The summed E-state index contributed by atoms with van der Waals surface area (Å²) in [5.74, 6) is -0.497. The Kier molecular flexibility index (Phi) is 5.66. The first kappa shape index (κ1) is 16.1. The molecule has 7 nitrogen and oxygen atoms in total. The molecule has 3 N–H and O–H groups in total. The Hall–Kier alpha value is -1.93. The van der Waals surface area contributed by atoms with Crippen molar-refractivity contribution in [3.63, 3.8) is 0 Å². The fourth-order valence-corrected chi connectivity index (χ4v) is 1.90. The monoisotopic (exact) mass is 299 g/mol. The van der Waals surface area contributed by atoms with Crippen molar-refractivity contribution in [2.75, 3.05) is 24.7 Å². The minimum atomic E-state index is -3.25. The Balaban J connectivity index is 2.45. The summed E-state index contributed by atoms with van der Waals surface area (Å²) in [4.78, 5) is 22.6. The molecule has 0 saturated heterocycles. The van der Waals surface area contributed by atoms with Gasteiger partial charge < -0.3 is 10.6 Å². The van der Waals surface area contributed by atoms with E-state index in [2.05, 4.69) is 15.4 Å². The van der Waals surface area contributed by atoms with Crippen LogP contribution in [0.25, 0.3) is 0 Å². The van der Waals surface area contributed by atoms with Crippen LogP contribution in [0.15, 0.2) is 24.3 Å². The van der Waals surface area contributed by atoms with Gasteiger partial charge in [0.25, 0.3) is 5.91 Å². The van der Waals surface area contributed by atoms with E-state index in [1.165, 1.54) is 6.92 Å². The summed E-state index contributed by atoms with van der Waals surface area (Å²) >= 11 is 0. The lowest BCUT2D eigenvalue weighted by Gasteiger charge is -2.07. The maximum Gasteiger partial charge on any atom is 0.251 e. The van der Waals surface area contributed by atoms with E-state index in [1.54, 1.807) is 24.3 Å². The minimum Gasteiger partial charge on any atom is -0.351 e. The number of amides is 2. The highest BCUT2D eigenvalue weighted by molar-refractivity contribution is 7.88. The van der Waals surface area contributed by atoms with Crippen molar-refractivity contribution >= 4 is 27.5 Å². The molecule has 1 rings (SSSR count). The van der Waals surface area contributed by atoms with E-state index in [1.807, 2.05) is 0 Å². The summed E-state index contributed by atoms with van der Waals surface area (Å²) in [7, 11) is -3.25. The highest BCUT2D eigenvalue weighted by atomic mass is 32.2. The SMILES string of the molecule is CC(=O)Nc1ccc(C(=O)NCCNS(C)(=O)=O)cc1. The van der Waals surface area contributed by atoms with E-state index in [-0.39, 0.29) is 24.9 Å². The summed E-state index contributed by atoms with van der Waals surface area (Å²) in [5, 5.41) is 5.17. The molecule has 0 heterocycles. The van der Waals surface area contributed by atoms with Crippen molar-refractivity contribution in [2.45, 2.75) is 6.92 Å². The third-order valence-corrected chi connectivity index (χ3v) is 2.97. The molecule has 0 aliphatic heterocycles. The lowest BCUT2D eigenvalue weighted by molar-refractivity contribution is -0.114. The van der Waals surface area contributed by atoms with Gasteiger partial charge in [-0.3, -0.25) is 9.59 Å². The van der Waals surface area contributed by atoms with Gasteiger partial charge in [-0.2, -0.15) is 0 Å². The molecule has 110 valence electrons. The fourth-order valence-electron chi connectivity index (χ4n) is 1.42. The van der Waals surface area contributed by atoms with Gasteiger partial charge in [0.15, 0.2) is 0 Å². The first-order chi connectivity index (χ1) is 9.28. The number of hydrogen-bond acceptors (Lipinski definition) is 4. The Morgan fingerprint density at radius 3 is 2.20 bits per heavy atom. The van der Waals surface area contributed by atoms with Gasteiger partial charge in [-0.15, -0.1) is 0 Å². The summed E-state index contributed by atoms with van der Waals surface area (Å²) in [6.45, 7) is 1.73. The van der Waals surface area contributed by atoms with Crippen LogP contribution in [0.4, 0.5) is 5.69 Å². The van der Waals surface area contributed by atoms with E-state index in [0.29, 0.717) is 11.3 Å². The fraction of sp³-hybridized carbons (Fsp3) is 0.333. The smallest absolute Gasteiger partial charge is 0.251 e. The molecule has 2 amide bonds. The zero-order valence-corrected chi connectivity index (χ0v) is 12.1.